The van der Waals surface area contributed by atoms with Crippen LogP contribution in [0, 0.1) is 6.92 Å². The molecule has 114 valence electrons. The highest BCUT2D eigenvalue weighted by Crippen LogP contribution is 2.28. The van der Waals surface area contributed by atoms with Gasteiger partial charge in [0.25, 0.3) is 0 Å². The smallest absolute Gasteiger partial charge is 0.153 e. The minimum Gasteiger partial charge on any atom is -0.298 e. The molecule has 0 aliphatic heterocycles. The van der Waals surface area contributed by atoms with E-state index in [0.717, 1.165) is 17.5 Å². The Morgan fingerprint density at radius 3 is 1.90 bits per heavy atom. The van der Waals surface area contributed by atoms with Crippen LogP contribution in [0.2, 0.25) is 0 Å². The molecule has 5 heteroatoms. The number of nitrogens with zero attached hydrogens (tertiary/aromatic N) is 4. The van der Waals surface area contributed by atoms with Crippen molar-refractivity contribution >= 4 is 6.29 Å². The molecule has 0 aromatic carbocycles. The first-order valence-corrected chi connectivity index (χ1v) is 7.16. The minimum absolute atomic E-state index is 0.100. The van der Waals surface area contributed by atoms with Gasteiger partial charge in [0.2, 0.25) is 0 Å². The summed E-state index contributed by atoms with van der Waals surface area (Å²) in [5.74, 6) is 0. The lowest BCUT2D eigenvalue weighted by Gasteiger charge is -2.19. The lowest BCUT2D eigenvalue weighted by molar-refractivity contribution is 0.112. The average molecular weight is 288 g/mol. The maximum absolute atomic E-state index is 11.4. The van der Waals surface area contributed by atoms with E-state index in [1.165, 1.54) is 0 Å². The van der Waals surface area contributed by atoms with Gasteiger partial charge in [0.15, 0.2) is 6.29 Å². The van der Waals surface area contributed by atoms with Crippen LogP contribution in [0.1, 0.15) is 57.6 Å². The third-order valence-corrected chi connectivity index (χ3v) is 3.40. The fourth-order valence-corrected chi connectivity index (χ4v) is 2.06. The Bertz CT molecular complexity index is 665. The van der Waals surface area contributed by atoms with Crippen molar-refractivity contribution < 1.29 is 4.79 Å². The molecule has 5 nitrogen and oxygen atoms in total. The predicted octanol–water partition coefficient (Wildman–Crippen LogP) is 3.38. The van der Waals surface area contributed by atoms with E-state index in [0.29, 0.717) is 11.3 Å². The van der Waals surface area contributed by atoms with Crippen LogP contribution < -0.4 is 0 Å². The molecule has 0 unspecified atom stereocenters. The first kappa shape index (κ1) is 15.5. The highest BCUT2D eigenvalue weighted by molar-refractivity contribution is 5.85. The van der Waals surface area contributed by atoms with E-state index in [1.807, 2.05) is 22.5 Å². The molecule has 0 atom stereocenters. The molecular formula is C16H24N4O. The van der Waals surface area contributed by atoms with Gasteiger partial charge in [-0.25, -0.2) is 0 Å². The van der Waals surface area contributed by atoms with Gasteiger partial charge < -0.3 is 0 Å². The van der Waals surface area contributed by atoms with E-state index in [2.05, 4.69) is 51.7 Å². The highest BCUT2D eigenvalue weighted by atomic mass is 16.1. The summed E-state index contributed by atoms with van der Waals surface area (Å²) in [7, 11) is 0. The van der Waals surface area contributed by atoms with Crippen LogP contribution >= 0.6 is 0 Å². The Morgan fingerprint density at radius 1 is 0.952 bits per heavy atom. The number of aldehydes is 1. The van der Waals surface area contributed by atoms with Crippen LogP contribution in [-0.4, -0.2) is 25.8 Å². The highest BCUT2D eigenvalue weighted by Gasteiger charge is 2.23. The number of aromatic nitrogens is 4. The van der Waals surface area contributed by atoms with Crippen LogP contribution in [0.3, 0.4) is 0 Å². The van der Waals surface area contributed by atoms with E-state index in [9.17, 15) is 4.79 Å². The van der Waals surface area contributed by atoms with Crippen LogP contribution in [0.15, 0.2) is 12.4 Å². The number of aryl methyl sites for hydroxylation is 1. The summed E-state index contributed by atoms with van der Waals surface area (Å²) in [5, 5.41) is 9.17. The standard InChI is InChI=1S/C16H24N4O/c1-11-13(9-20(17-11)16(5,6)7)14-12(10-21)8-19(18-14)15(2,3)4/h8-10H,1-7H3. The van der Waals surface area contributed by atoms with Crippen LogP contribution in [-0.2, 0) is 11.1 Å². The van der Waals surface area contributed by atoms with Gasteiger partial charge in [-0.2, -0.15) is 10.2 Å². The van der Waals surface area contributed by atoms with Crippen molar-refractivity contribution in [2.45, 2.75) is 59.5 Å². The first-order valence-electron chi connectivity index (χ1n) is 7.16. The largest absolute Gasteiger partial charge is 0.298 e. The molecule has 2 rings (SSSR count). The van der Waals surface area contributed by atoms with E-state index in [4.69, 9.17) is 0 Å². The zero-order valence-corrected chi connectivity index (χ0v) is 13.9. The number of rotatable bonds is 2. The molecule has 0 bridgehead atoms. The van der Waals surface area contributed by atoms with Gasteiger partial charge in [-0.15, -0.1) is 0 Å². The van der Waals surface area contributed by atoms with Crippen LogP contribution in [0.4, 0.5) is 0 Å². The average Bonchev–Trinajstić information content (AvgIpc) is 2.90. The summed E-state index contributed by atoms with van der Waals surface area (Å²) in [5.41, 5.74) is 2.83. The first-order chi connectivity index (χ1) is 9.54. The summed E-state index contributed by atoms with van der Waals surface area (Å²) in [4.78, 5) is 11.4. The number of hydrogen-bond donors (Lipinski definition) is 0. The second-order valence-corrected chi connectivity index (χ2v) is 7.41. The molecule has 0 aliphatic carbocycles. The van der Waals surface area contributed by atoms with Gasteiger partial charge in [-0.05, 0) is 48.5 Å². The maximum Gasteiger partial charge on any atom is 0.153 e. The summed E-state index contributed by atoms with van der Waals surface area (Å²) in [6.07, 6.45) is 4.63. The fourth-order valence-electron chi connectivity index (χ4n) is 2.06. The van der Waals surface area contributed by atoms with Crippen molar-refractivity contribution in [1.29, 1.82) is 0 Å². The van der Waals surface area contributed by atoms with Gasteiger partial charge in [0.05, 0.1) is 22.3 Å². The van der Waals surface area contributed by atoms with Crippen molar-refractivity contribution in [3.8, 4) is 11.3 Å². The van der Waals surface area contributed by atoms with Crippen molar-refractivity contribution in [3.05, 3.63) is 23.7 Å². The molecule has 0 spiro atoms. The molecule has 0 N–H and O–H groups in total. The topological polar surface area (TPSA) is 52.7 Å². The third-order valence-electron chi connectivity index (χ3n) is 3.40. The Morgan fingerprint density at radius 2 is 1.48 bits per heavy atom. The monoisotopic (exact) mass is 288 g/mol. The Labute approximate surface area is 126 Å². The SMILES string of the molecule is Cc1nn(C(C)(C)C)cc1-c1nn(C(C)(C)C)cc1C=O. The lowest BCUT2D eigenvalue weighted by atomic mass is 10.1. The number of carbonyl (C=O) groups is 1. The molecule has 0 fully saturated rings. The molecule has 0 radical (unpaired) electrons. The number of hydrogen-bond acceptors (Lipinski definition) is 3. The van der Waals surface area contributed by atoms with Crippen LogP contribution in [0.25, 0.3) is 11.3 Å². The molecule has 0 saturated carbocycles. The van der Waals surface area contributed by atoms with Crippen LogP contribution in [0.5, 0.6) is 0 Å². The molecule has 0 amide bonds. The quantitative estimate of drug-likeness (QED) is 0.796. The van der Waals surface area contributed by atoms with Gasteiger partial charge in [-0.1, -0.05) is 0 Å². The normalized spacial score (nSPS) is 12.7. The van der Waals surface area contributed by atoms with E-state index >= 15 is 0 Å². The summed E-state index contributed by atoms with van der Waals surface area (Å²) >= 11 is 0. The van der Waals surface area contributed by atoms with Gasteiger partial charge >= 0.3 is 0 Å². The molecule has 2 heterocycles. The van der Waals surface area contributed by atoms with Crippen molar-refractivity contribution in [2.24, 2.45) is 0 Å². The van der Waals surface area contributed by atoms with E-state index in [-0.39, 0.29) is 11.1 Å². The van der Waals surface area contributed by atoms with Gasteiger partial charge in [0.1, 0.15) is 5.69 Å². The molecule has 0 aliphatic rings. The van der Waals surface area contributed by atoms with Crippen molar-refractivity contribution in [2.75, 3.05) is 0 Å². The molecule has 21 heavy (non-hydrogen) atoms. The molecular weight excluding hydrogens is 264 g/mol. The Kier molecular flexibility index (Phi) is 3.56. The molecule has 0 saturated heterocycles. The van der Waals surface area contributed by atoms with E-state index in [1.54, 1.807) is 6.20 Å². The van der Waals surface area contributed by atoms with E-state index < -0.39 is 0 Å². The predicted molar refractivity (Wildman–Crippen MR) is 83.6 cm³/mol. The zero-order valence-electron chi connectivity index (χ0n) is 13.9. The summed E-state index contributed by atoms with van der Waals surface area (Å²) < 4.78 is 3.75. The maximum atomic E-state index is 11.4. The number of carbonyl (C=O) groups excluding carboxylic acids is 1. The van der Waals surface area contributed by atoms with Crippen molar-refractivity contribution in [3.63, 3.8) is 0 Å². The zero-order chi connectivity index (χ0) is 16.0. The second kappa shape index (κ2) is 4.83. The third kappa shape index (κ3) is 2.91. The summed E-state index contributed by atoms with van der Waals surface area (Å²) in [6, 6.07) is 0. The summed E-state index contributed by atoms with van der Waals surface area (Å²) in [6.45, 7) is 14.4. The fraction of sp³-hybridized carbons (Fsp3) is 0.562. The second-order valence-electron chi connectivity index (χ2n) is 7.41. The Balaban J connectivity index is 2.59. The lowest BCUT2D eigenvalue weighted by Crippen LogP contribution is -2.22. The molecule has 2 aromatic rings. The van der Waals surface area contributed by atoms with Gasteiger partial charge in [0, 0.05) is 18.0 Å². The minimum atomic E-state index is -0.163. The van der Waals surface area contributed by atoms with Crippen molar-refractivity contribution in [1.82, 2.24) is 19.6 Å². The molecule has 2 aromatic heterocycles. The Hall–Kier alpha value is -1.91. The van der Waals surface area contributed by atoms with Gasteiger partial charge in [-0.3, -0.25) is 14.2 Å².